The topological polar surface area (TPSA) is 26.3 Å². The van der Waals surface area contributed by atoms with Gasteiger partial charge in [0, 0.05) is 15.6 Å². The number of methoxy groups -OCH3 is 1. The molecule has 0 saturated heterocycles. The highest BCUT2D eigenvalue weighted by atomic mass is 79.9. The number of halogens is 1. The zero-order valence-corrected chi connectivity index (χ0v) is 11.8. The first-order valence-corrected chi connectivity index (χ1v) is 6.36. The van der Waals surface area contributed by atoms with Gasteiger partial charge in [-0.1, -0.05) is 15.9 Å². The molecule has 92 valence electrons. The summed E-state index contributed by atoms with van der Waals surface area (Å²) in [5.74, 6) is 0.815. The molecule has 2 aromatic rings. The molecule has 0 aliphatic rings. The summed E-state index contributed by atoms with van der Waals surface area (Å²) in [6.07, 6.45) is 0. The summed E-state index contributed by atoms with van der Waals surface area (Å²) in [4.78, 5) is 12.3. The van der Waals surface area contributed by atoms with E-state index in [1.165, 1.54) is 0 Å². The molecule has 2 nitrogen and oxygen atoms in total. The van der Waals surface area contributed by atoms with E-state index in [1.54, 1.807) is 13.2 Å². The van der Waals surface area contributed by atoms with Gasteiger partial charge in [0.2, 0.25) is 0 Å². The largest absolute Gasteiger partial charge is 0.496 e. The molecule has 0 aromatic heterocycles. The van der Waals surface area contributed by atoms with Crippen molar-refractivity contribution in [3.05, 3.63) is 63.6 Å². The van der Waals surface area contributed by atoms with Crippen LogP contribution in [0.4, 0.5) is 0 Å². The Kier molecular flexibility index (Phi) is 3.82. The van der Waals surface area contributed by atoms with E-state index < -0.39 is 0 Å². The molecular formula is C15H13BrO2. The summed E-state index contributed by atoms with van der Waals surface area (Å²) in [7, 11) is 1.62. The van der Waals surface area contributed by atoms with Crippen molar-refractivity contribution in [1.82, 2.24) is 0 Å². The summed E-state index contributed by atoms with van der Waals surface area (Å²) < 4.78 is 6.15. The molecule has 0 atom stereocenters. The van der Waals surface area contributed by atoms with E-state index in [0.29, 0.717) is 11.1 Å². The van der Waals surface area contributed by atoms with E-state index in [0.717, 1.165) is 15.8 Å². The van der Waals surface area contributed by atoms with E-state index in [9.17, 15) is 4.79 Å². The summed E-state index contributed by atoms with van der Waals surface area (Å²) in [5, 5.41) is 0. The first-order chi connectivity index (χ1) is 8.61. The first kappa shape index (κ1) is 12.8. The number of aryl methyl sites for hydroxylation is 1. The lowest BCUT2D eigenvalue weighted by Crippen LogP contribution is -2.01. The highest BCUT2D eigenvalue weighted by Gasteiger charge is 2.10. The van der Waals surface area contributed by atoms with E-state index in [-0.39, 0.29) is 5.78 Å². The molecule has 0 amide bonds. The van der Waals surface area contributed by atoms with Gasteiger partial charge in [0.1, 0.15) is 5.75 Å². The summed E-state index contributed by atoms with van der Waals surface area (Å²) in [5.41, 5.74) is 2.32. The Balaban J connectivity index is 2.34. The fraction of sp³-hybridized carbons (Fsp3) is 0.133. The van der Waals surface area contributed by atoms with Gasteiger partial charge in [0.25, 0.3) is 0 Å². The van der Waals surface area contributed by atoms with E-state index in [2.05, 4.69) is 15.9 Å². The van der Waals surface area contributed by atoms with Crippen molar-refractivity contribution >= 4 is 21.7 Å². The third kappa shape index (κ3) is 2.62. The minimum absolute atomic E-state index is 0.0215. The standard InChI is InChI=1S/C15H13BrO2/c1-10-9-12(5-8-14(10)18-2)15(17)11-3-6-13(16)7-4-11/h3-9H,1-2H3. The van der Waals surface area contributed by atoms with Crippen LogP contribution in [0.1, 0.15) is 21.5 Å². The third-order valence-corrected chi connectivity index (χ3v) is 3.29. The second-order valence-electron chi connectivity index (χ2n) is 4.02. The highest BCUT2D eigenvalue weighted by molar-refractivity contribution is 9.10. The Bertz CT molecular complexity index is 574. The molecule has 0 aliphatic carbocycles. The van der Waals surface area contributed by atoms with E-state index >= 15 is 0 Å². The molecule has 0 fully saturated rings. The minimum Gasteiger partial charge on any atom is -0.496 e. The minimum atomic E-state index is 0.0215. The molecule has 0 radical (unpaired) electrons. The van der Waals surface area contributed by atoms with Gasteiger partial charge in [0.15, 0.2) is 5.78 Å². The number of ether oxygens (including phenoxy) is 1. The number of hydrogen-bond acceptors (Lipinski definition) is 2. The summed E-state index contributed by atoms with van der Waals surface area (Å²) in [6, 6.07) is 12.8. The van der Waals surface area contributed by atoms with Gasteiger partial charge >= 0.3 is 0 Å². The van der Waals surface area contributed by atoms with Gasteiger partial charge in [-0.15, -0.1) is 0 Å². The monoisotopic (exact) mass is 304 g/mol. The lowest BCUT2D eigenvalue weighted by molar-refractivity contribution is 0.103. The Morgan fingerprint density at radius 2 is 1.67 bits per heavy atom. The van der Waals surface area contributed by atoms with Crippen LogP contribution in [-0.4, -0.2) is 12.9 Å². The smallest absolute Gasteiger partial charge is 0.193 e. The third-order valence-electron chi connectivity index (χ3n) is 2.76. The number of carbonyl (C=O) groups excluding carboxylic acids is 1. The van der Waals surface area contributed by atoms with Gasteiger partial charge < -0.3 is 4.74 Å². The van der Waals surface area contributed by atoms with Crippen LogP contribution in [0.2, 0.25) is 0 Å². The van der Waals surface area contributed by atoms with Crippen LogP contribution in [0.3, 0.4) is 0 Å². The second kappa shape index (κ2) is 5.36. The molecule has 0 unspecified atom stereocenters. The Labute approximate surface area is 115 Å². The van der Waals surface area contributed by atoms with E-state index in [1.807, 2.05) is 43.3 Å². The number of rotatable bonds is 3. The van der Waals surface area contributed by atoms with Crippen molar-refractivity contribution in [2.24, 2.45) is 0 Å². The van der Waals surface area contributed by atoms with Gasteiger partial charge in [-0.05, 0) is 55.0 Å². The summed E-state index contributed by atoms with van der Waals surface area (Å²) in [6.45, 7) is 1.93. The highest BCUT2D eigenvalue weighted by Crippen LogP contribution is 2.21. The van der Waals surface area contributed by atoms with E-state index in [4.69, 9.17) is 4.74 Å². The molecule has 3 heteroatoms. The maximum Gasteiger partial charge on any atom is 0.193 e. The van der Waals surface area contributed by atoms with Crippen LogP contribution in [0, 0.1) is 6.92 Å². The second-order valence-corrected chi connectivity index (χ2v) is 4.94. The average Bonchev–Trinajstić information content (AvgIpc) is 2.38. The number of hydrogen-bond donors (Lipinski definition) is 0. The van der Waals surface area contributed by atoms with Gasteiger partial charge in [-0.2, -0.15) is 0 Å². The van der Waals surface area contributed by atoms with Gasteiger partial charge in [-0.25, -0.2) is 0 Å². The van der Waals surface area contributed by atoms with Gasteiger partial charge in [0.05, 0.1) is 7.11 Å². The number of ketones is 1. The summed E-state index contributed by atoms with van der Waals surface area (Å²) >= 11 is 3.35. The molecule has 0 saturated carbocycles. The van der Waals surface area contributed by atoms with Crippen LogP contribution in [0.25, 0.3) is 0 Å². The number of benzene rings is 2. The van der Waals surface area contributed by atoms with Crippen molar-refractivity contribution in [2.75, 3.05) is 7.11 Å². The maximum absolute atomic E-state index is 12.3. The molecular weight excluding hydrogens is 292 g/mol. The predicted molar refractivity (Wildman–Crippen MR) is 75.3 cm³/mol. The molecule has 0 spiro atoms. The molecule has 18 heavy (non-hydrogen) atoms. The molecule has 2 rings (SSSR count). The Hall–Kier alpha value is -1.61. The van der Waals surface area contributed by atoms with Crippen molar-refractivity contribution in [1.29, 1.82) is 0 Å². The maximum atomic E-state index is 12.3. The van der Waals surface area contributed by atoms with Crippen molar-refractivity contribution in [3.8, 4) is 5.75 Å². The van der Waals surface area contributed by atoms with Crippen molar-refractivity contribution in [2.45, 2.75) is 6.92 Å². The normalized spacial score (nSPS) is 10.2. The van der Waals surface area contributed by atoms with Crippen LogP contribution < -0.4 is 4.74 Å². The Morgan fingerprint density at radius 3 is 2.22 bits per heavy atom. The zero-order valence-electron chi connectivity index (χ0n) is 10.2. The molecule has 0 bridgehead atoms. The van der Waals surface area contributed by atoms with Crippen LogP contribution in [-0.2, 0) is 0 Å². The Morgan fingerprint density at radius 1 is 1.06 bits per heavy atom. The van der Waals surface area contributed by atoms with Crippen molar-refractivity contribution in [3.63, 3.8) is 0 Å². The molecule has 2 aromatic carbocycles. The lowest BCUT2D eigenvalue weighted by atomic mass is 10.0. The average molecular weight is 305 g/mol. The zero-order chi connectivity index (χ0) is 13.1. The van der Waals surface area contributed by atoms with Crippen LogP contribution in [0.5, 0.6) is 5.75 Å². The predicted octanol–water partition coefficient (Wildman–Crippen LogP) is 4.00. The first-order valence-electron chi connectivity index (χ1n) is 5.56. The molecule has 0 heterocycles. The number of carbonyl (C=O) groups is 1. The fourth-order valence-electron chi connectivity index (χ4n) is 1.79. The fourth-order valence-corrected chi connectivity index (χ4v) is 2.05. The van der Waals surface area contributed by atoms with Crippen molar-refractivity contribution < 1.29 is 9.53 Å². The van der Waals surface area contributed by atoms with Crippen LogP contribution in [0.15, 0.2) is 46.9 Å². The van der Waals surface area contributed by atoms with Gasteiger partial charge in [-0.3, -0.25) is 4.79 Å². The molecule has 0 N–H and O–H groups in total. The molecule has 0 aliphatic heterocycles. The van der Waals surface area contributed by atoms with Crippen LogP contribution >= 0.6 is 15.9 Å². The lowest BCUT2D eigenvalue weighted by Gasteiger charge is -2.07. The SMILES string of the molecule is COc1ccc(C(=O)c2ccc(Br)cc2)cc1C. The quantitative estimate of drug-likeness (QED) is 0.801.